The van der Waals surface area contributed by atoms with Crippen molar-refractivity contribution in [2.45, 2.75) is 46.6 Å². The molecule has 1 fully saturated rings. The molecule has 0 N–H and O–H groups in total. The van der Waals surface area contributed by atoms with Crippen LogP contribution in [0.1, 0.15) is 49.5 Å². The van der Waals surface area contributed by atoms with Crippen molar-refractivity contribution >= 4 is 5.78 Å². The minimum Gasteiger partial charge on any atom is -0.300 e. The topological polar surface area (TPSA) is 20.3 Å². The van der Waals surface area contributed by atoms with Crippen LogP contribution in [0.25, 0.3) is 0 Å². The standard InChI is InChI=1S/C18H27NO/c1-13-5-7-17(8-6-13)18(20)9-10-19-12-14(2)11-15(3)16(19)4/h5-8,14-16H,9-12H2,1-4H3. The quantitative estimate of drug-likeness (QED) is 0.775. The Morgan fingerprint density at radius 1 is 1.20 bits per heavy atom. The van der Waals surface area contributed by atoms with Crippen LogP contribution in [0.2, 0.25) is 0 Å². The fraction of sp³-hybridized carbons (Fsp3) is 0.611. The zero-order valence-electron chi connectivity index (χ0n) is 13.2. The maximum atomic E-state index is 12.2. The molecule has 2 nitrogen and oxygen atoms in total. The van der Waals surface area contributed by atoms with Gasteiger partial charge in [0.15, 0.2) is 5.78 Å². The van der Waals surface area contributed by atoms with Crippen molar-refractivity contribution in [1.29, 1.82) is 0 Å². The largest absolute Gasteiger partial charge is 0.300 e. The number of rotatable bonds is 4. The first-order valence-corrected chi connectivity index (χ1v) is 7.81. The predicted molar refractivity (Wildman–Crippen MR) is 84.1 cm³/mol. The van der Waals surface area contributed by atoms with Crippen molar-refractivity contribution in [3.8, 4) is 0 Å². The molecule has 0 bridgehead atoms. The van der Waals surface area contributed by atoms with Crippen LogP contribution in [0.5, 0.6) is 0 Å². The Morgan fingerprint density at radius 3 is 2.50 bits per heavy atom. The summed E-state index contributed by atoms with van der Waals surface area (Å²) in [5.41, 5.74) is 2.05. The van der Waals surface area contributed by atoms with E-state index in [0.29, 0.717) is 12.5 Å². The fourth-order valence-electron chi connectivity index (χ4n) is 3.26. The predicted octanol–water partition coefficient (Wildman–Crippen LogP) is 3.93. The molecule has 0 aliphatic carbocycles. The molecular weight excluding hydrogens is 246 g/mol. The summed E-state index contributed by atoms with van der Waals surface area (Å²) in [4.78, 5) is 14.7. The van der Waals surface area contributed by atoms with Crippen LogP contribution in [0, 0.1) is 18.8 Å². The van der Waals surface area contributed by atoms with Gasteiger partial charge < -0.3 is 0 Å². The Bertz CT molecular complexity index is 451. The van der Waals surface area contributed by atoms with Gasteiger partial charge in [-0.1, -0.05) is 43.7 Å². The van der Waals surface area contributed by atoms with Gasteiger partial charge in [-0.25, -0.2) is 0 Å². The number of piperidine rings is 1. The van der Waals surface area contributed by atoms with Crippen LogP contribution in [0.3, 0.4) is 0 Å². The third-order valence-corrected chi connectivity index (χ3v) is 4.72. The summed E-state index contributed by atoms with van der Waals surface area (Å²) in [6.07, 6.45) is 1.94. The molecule has 110 valence electrons. The van der Waals surface area contributed by atoms with Gasteiger partial charge in [0.1, 0.15) is 0 Å². The van der Waals surface area contributed by atoms with E-state index in [9.17, 15) is 4.79 Å². The van der Waals surface area contributed by atoms with E-state index in [1.807, 2.05) is 31.2 Å². The van der Waals surface area contributed by atoms with Crippen LogP contribution in [-0.4, -0.2) is 29.8 Å². The van der Waals surface area contributed by atoms with Gasteiger partial charge in [-0.05, 0) is 32.1 Å². The van der Waals surface area contributed by atoms with Gasteiger partial charge in [0, 0.05) is 31.1 Å². The van der Waals surface area contributed by atoms with E-state index in [-0.39, 0.29) is 5.78 Å². The SMILES string of the molecule is Cc1ccc(C(=O)CCN2CC(C)CC(C)C2C)cc1. The number of Topliss-reactive ketones (excluding diaryl/α,β-unsaturated/α-hetero) is 1. The van der Waals surface area contributed by atoms with Crippen LogP contribution in [0.4, 0.5) is 0 Å². The summed E-state index contributed by atoms with van der Waals surface area (Å²) >= 11 is 0. The molecule has 1 aliphatic heterocycles. The third kappa shape index (κ3) is 3.69. The van der Waals surface area contributed by atoms with E-state index in [0.717, 1.165) is 30.5 Å². The van der Waals surface area contributed by atoms with Crippen molar-refractivity contribution in [3.05, 3.63) is 35.4 Å². The van der Waals surface area contributed by atoms with Crippen LogP contribution in [0.15, 0.2) is 24.3 Å². The highest BCUT2D eigenvalue weighted by atomic mass is 16.1. The number of carbonyl (C=O) groups excluding carboxylic acids is 1. The molecule has 3 atom stereocenters. The highest BCUT2D eigenvalue weighted by Crippen LogP contribution is 2.27. The number of carbonyl (C=O) groups is 1. The molecular formula is C18H27NO. The third-order valence-electron chi connectivity index (χ3n) is 4.72. The minimum atomic E-state index is 0.267. The molecule has 0 saturated carbocycles. The Labute approximate surface area is 123 Å². The Kier molecular flexibility index (Phi) is 4.98. The summed E-state index contributed by atoms with van der Waals surface area (Å²) in [7, 11) is 0. The Hall–Kier alpha value is -1.15. The molecule has 1 aromatic rings. The maximum absolute atomic E-state index is 12.2. The lowest BCUT2D eigenvalue weighted by Gasteiger charge is -2.41. The van der Waals surface area contributed by atoms with E-state index in [1.165, 1.54) is 12.0 Å². The highest BCUT2D eigenvalue weighted by Gasteiger charge is 2.28. The van der Waals surface area contributed by atoms with Gasteiger partial charge in [-0.15, -0.1) is 0 Å². The van der Waals surface area contributed by atoms with Crippen molar-refractivity contribution in [3.63, 3.8) is 0 Å². The second-order valence-corrected chi connectivity index (χ2v) is 6.59. The smallest absolute Gasteiger partial charge is 0.164 e. The Balaban J connectivity index is 1.91. The lowest BCUT2D eigenvalue weighted by molar-refractivity contribution is 0.0721. The molecule has 0 radical (unpaired) electrons. The summed E-state index contributed by atoms with van der Waals surface area (Å²) in [5, 5.41) is 0. The molecule has 20 heavy (non-hydrogen) atoms. The number of hydrogen-bond donors (Lipinski definition) is 0. The average Bonchev–Trinajstić information content (AvgIpc) is 2.41. The first kappa shape index (κ1) is 15.2. The molecule has 2 heteroatoms. The first-order chi connectivity index (χ1) is 9.47. The van der Waals surface area contributed by atoms with Crippen molar-refractivity contribution in [2.24, 2.45) is 11.8 Å². The van der Waals surface area contributed by atoms with Gasteiger partial charge in [-0.3, -0.25) is 9.69 Å². The first-order valence-electron chi connectivity index (χ1n) is 7.81. The van der Waals surface area contributed by atoms with E-state index in [4.69, 9.17) is 0 Å². The van der Waals surface area contributed by atoms with Gasteiger partial charge >= 0.3 is 0 Å². The number of benzene rings is 1. The van der Waals surface area contributed by atoms with Gasteiger partial charge in [0.2, 0.25) is 0 Å². The zero-order valence-corrected chi connectivity index (χ0v) is 13.2. The Morgan fingerprint density at radius 2 is 1.85 bits per heavy atom. The lowest BCUT2D eigenvalue weighted by atomic mass is 9.86. The normalized spacial score (nSPS) is 27.5. The average molecular weight is 273 g/mol. The fourth-order valence-corrected chi connectivity index (χ4v) is 3.26. The molecule has 0 aromatic heterocycles. The van der Waals surface area contributed by atoms with Crippen molar-refractivity contribution in [1.82, 2.24) is 4.90 Å². The molecule has 1 heterocycles. The lowest BCUT2D eigenvalue weighted by Crippen LogP contribution is -2.46. The number of likely N-dealkylation sites (tertiary alicyclic amines) is 1. The highest BCUT2D eigenvalue weighted by molar-refractivity contribution is 5.96. The summed E-state index contributed by atoms with van der Waals surface area (Å²) in [6.45, 7) is 11.0. The number of ketones is 1. The van der Waals surface area contributed by atoms with Gasteiger partial charge in [0.25, 0.3) is 0 Å². The van der Waals surface area contributed by atoms with Gasteiger partial charge in [-0.2, -0.15) is 0 Å². The second-order valence-electron chi connectivity index (χ2n) is 6.59. The zero-order chi connectivity index (χ0) is 14.7. The molecule has 0 amide bonds. The molecule has 1 aliphatic rings. The summed E-state index contributed by atoms with van der Waals surface area (Å²) in [5.74, 6) is 1.74. The van der Waals surface area contributed by atoms with E-state index in [2.05, 4.69) is 25.7 Å². The van der Waals surface area contributed by atoms with E-state index < -0.39 is 0 Å². The summed E-state index contributed by atoms with van der Waals surface area (Å²) in [6, 6.07) is 8.52. The maximum Gasteiger partial charge on any atom is 0.164 e. The second kappa shape index (κ2) is 6.53. The summed E-state index contributed by atoms with van der Waals surface area (Å²) < 4.78 is 0. The van der Waals surface area contributed by atoms with E-state index in [1.54, 1.807) is 0 Å². The van der Waals surface area contributed by atoms with Crippen molar-refractivity contribution < 1.29 is 4.79 Å². The molecule has 1 aromatic carbocycles. The van der Waals surface area contributed by atoms with Crippen LogP contribution >= 0.6 is 0 Å². The molecule has 3 unspecified atom stereocenters. The monoisotopic (exact) mass is 273 g/mol. The van der Waals surface area contributed by atoms with E-state index >= 15 is 0 Å². The molecule has 0 spiro atoms. The van der Waals surface area contributed by atoms with Gasteiger partial charge in [0.05, 0.1) is 0 Å². The number of nitrogens with zero attached hydrogens (tertiary/aromatic N) is 1. The van der Waals surface area contributed by atoms with Crippen LogP contribution < -0.4 is 0 Å². The molecule has 2 rings (SSSR count). The number of aryl methyl sites for hydroxylation is 1. The number of hydrogen-bond acceptors (Lipinski definition) is 2. The van der Waals surface area contributed by atoms with Crippen LogP contribution in [-0.2, 0) is 0 Å². The molecule has 1 saturated heterocycles. The minimum absolute atomic E-state index is 0.267. The van der Waals surface area contributed by atoms with Crippen molar-refractivity contribution in [2.75, 3.05) is 13.1 Å².